The Labute approximate surface area is 161 Å². The summed E-state index contributed by atoms with van der Waals surface area (Å²) in [5.41, 5.74) is 2.23. The highest BCUT2D eigenvalue weighted by atomic mass is 32.2. The summed E-state index contributed by atoms with van der Waals surface area (Å²) in [4.78, 5) is 13.5. The number of hydrogen-bond acceptors (Lipinski definition) is 5. The van der Waals surface area contributed by atoms with Crippen LogP contribution in [0, 0.1) is 6.92 Å². The number of benzene rings is 1. The zero-order valence-electron chi connectivity index (χ0n) is 15.1. The van der Waals surface area contributed by atoms with E-state index in [1.54, 1.807) is 11.3 Å². The van der Waals surface area contributed by atoms with Crippen molar-refractivity contribution in [3.8, 4) is 11.4 Å². The van der Waals surface area contributed by atoms with E-state index >= 15 is 0 Å². The van der Waals surface area contributed by atoms with E-state index in [1.165, 1.54) is 17.3 Å². The van der Waals surface area contributed by atoms with Crippen LogP contribution in [0.2, 0.25) is 0 Å². The van der Waals surface area contributed by atoms with Crippen LogP contribution in [0.4, 0.5) is 0 Å². The molecule has 0 saturated heterocycles. The fraction of sp³-hybridized carbons (Fsp3) is 0.316. The van der Waals surface area contributed by atoms with Crippen molar-refractivity contribution in [3.05, 3.63) is 52.2 Å². The van der Waals surface area contributed by atoms with E-state index in [4.69, 9.17) is 0 Å². The number of rotatable bonds is 7. The third-order valence-electron chi connectivity index (χ3n) is 3.98. The average molecular weight is 387 g/mol. The van der Waals surface area contributed by atoms with Gasteiger partial charge in [0.2, 0.25) is 5.91 Å². The van der Waals surface area contributed by atoms with E-state index < -0.39 is 0 Å². The minimum absolute atomic E-state index is 0.00570. The molecule has 1 aromatic carbocycles. The van der Waals surface area contributed by atoms with Crippen LogP contribution in [0.3, 0.4) is 0 Å². The fourth-order valence-corrected chi connectivity index (χ4v) is 4.18. The molecule has 5 nitrogen and oxygen atoms in total. The summed E-state index contributed by atoms with van der Waals surface area (Å²) in [6, 6.07) is 12.2. The van der Waals surface area contributed by atoms with Gasteiger partial charge in [0.25, 0.3) is 0 Å². The summed E-state index contributed by atoms with van der Waals surface area (Å²) in [5, 5.41) is 14.2. The predicted octanol–water partition coefficient (Wildman–Crippen LogP) is 4.13. The first kappa shape index (κ1) is 18.7. The van der Waals surface area contributed by atoms with Crippen molar-refractivity contribution in [3.63, 3.8) is 0 Å². The van der Waals surface area contributed by atoms with Gasteiger partial charge in [-0.05, 0) is 38.3 Å². The summed E-state index contributed by atoms with van der Waals surface area (Å²) < 4.78 is 2.06. The van der Waals surface area contributed by atoms with Crippen molar-refractivity contribution in [2.75, 3.05) is 0 Å². The molecule has 0 spiro atoms. The van der Waals surface area contributed by atoms with Crippen LogP contribution in [0.1, 0.15) is 24.3 Å². The van der Waals surface area contributed by atoms with Crippen molar-refractivity contribution in [1.82, 2.24) is 20.1 Å². The lowest BCUT2D eigenvalue weighted by Gasteiger charge is -2.12. The summed E-state index contributed by atoms with van der Waals surface area (Å²) in [6.45, 7) is 7.34. The molecule has 1 unspecified atom stereocenters. The van der Waals surface area contributed by atoms with Gasteiger partial charge < -0.3 is 9.88 Å². The van der Waals surface area contributed by atoms with E-state index in [0.29, 0.717) is 6.54 Å². The summed E-state index contributed by atoms with van der Waals surface area (Å²) in [5.74, 6) is 0.844. The maximum atomic E-state index is 12.4. The highest BCUT2D eigenvalue weighted by Crippen LogP contribution is 2.27. The van der Waals surface area contributed by atoms with Crippen molar-refractivity contribution in [2.45, 2.75) is 44.3 Å². The molecule has 0 aliphatic heterocycles. The normalized spacial score (nSPS) is 12.1. The number of carbonyl (C=O) groups excluding carboxylic acids is 1. The monoisotopic (exact) mass is 386 g/mol. The number of aromatic nitrogens is 3. The number of nitrogens with zero attached hydrogens (tertiary/aromatic N) is 3. The maximum absolute atomic E-state index is 12.4. The van der Waals surface area contributed by atoms with Gasteiger partial charge in [-0.25, -0.2) is 0 Å². The van der Waals surface area contributed by atoms with Crippen LogP contribution < -0.4 is 5.32 Å². The Balaban J connectivity index is 1.70. The zero-order chi connectivity index (χ0) is 18.5. The van der Waals surface area contributed by atoms with Gasteiger partial charge in [-0.3, -0.25) is 4.79 Å². The van der Waals surface area contributed by atoms with Gasteiger partial charge in [-0.1, -0.05) is 41.6 Å². The first-order valence-electron chi connectivity index (χ1n) is 8.55. The van der Waals surface area contributed by atoms with E-state index in [1.807, 2.05) is 36.6 Å². The average Bonchev–Trinajstić information content (AvgIpc) is 3.29. The molecule has 0 aliphatic rings. The predicted molar refractivity (Wildman–Crippen MR) is 107 cm³/mol. The smallest absolute Gasteiger partial charge is 0.233 e. The molecule has 0 aliphatic carbocycles. The van der Waals surface area contributed by atoms with E-state index in [-0.39, 0.29) is 11.2 Å². The second-order valence-electron chi connectivity index (χ2n) is 5.98. The van der Waals surface area contributed by atoms with Crippen molar-refractivity contribution in [1.29, 1.82) is 0 Å². The number of nitrogens with one attached hydrogen (secondary N) is 1. The molecule has 0 bridgehead atoms. The minimum atomic E-state index is -0.241. The van der Waals surface area contributed by atoms with Gasteiger partial charge in [-0.15, -0.1) is 21.5 Å². The van der Waals surface area contributed by atoms with Crippen LogP contribution in [0.25, 0.3) is 11.4 Å². The Morgan fingerprint density at radius 2 is 2.15 bits per heavy atom. The number of thioether (sulfide) groups is 1. The van der Waals surface area contributed by atoms with Crippen LogP contribution in [-0.2, 0) is 17.9 Å². The van der Waals surface area contributed by atoms with Crippen LogP contribution in [0.15, 0.2) is 46.9 Å². The standard InChI is InChI=1S/C19H22N4OS2/c1-4-23-17(15-8-5-7-13(2)11-15)21-22-19(23)26-14(3)18(24)20-12-16-9-6-10-25-16/h5-11,14H,4,12H2,1-3H3,(H,20,24). The molecule has 136 valence electrons. The molecule has 1 amide bonds. The highest BCUT2D eigenvalue weighted by Gasteiger charge is 2.20. The van der Waals surface area contributed by atoms with Crippen molar-refractivity contribution in [2.24, 2.45) is 0 Å². The van der Waals surface area contributed by atoms with E-state index in [2.05, 4.69) is 46.1 Å². The Hall–Kier alpha value is -2.12. The molecular weight excluding hydrogens is 364 g/mol. The molecule has 0 radical (unpaired) electrons. The lowest BCUT2D eigenvalue weighted by atomic mass is 10.1. The molecule has 0 saturated carbocycles. The first-order chi connectivity index (χ1) is 12.6. The lowest BCUT2D eigenvalue weighted by molar-refractivity contribution is -0.120. The number of carbonyl (C=O) groups is 1. The van der Waals surface area contributed by atoms with E-state index in [0.717, 1.165) is 28.0 Å². The van der Waals surface area contributed by atoms with Gasteiger partial charge in [0.15, 0.2) is 11.0 Å². The van der Waals surface area contributed by atoms with Crippen molar-refractivity contribution < 1.29 is 4.79 Å². The quantitative estimate of drug-likeness (QED) is 0.620. The Morgan fingerprint density at radius 3 is 2.85 bits per heavy atom. The molecule has 2 aromatic heterocycles. The number of thiophene rings is 1. The van der Waals surface area contributed by atoms with Gasteiger partial charge in [0.05, 0.1) is 11.8 Å². The Morgan fingerprint density at radius 1 is 1.31 bits per heavy atom. The van der Waals surface area contributed by atoms with Crippen LogP contribution in [0.5, 0.6) is 0 Å². The third kappa shape index (κ3) is 4.34. The van der Waals surface area contributed by atoms with Crippen LogP contribution >= 0.6 is 23.1 Å². The molecule has 3 rings (SSSR count). The minimum Gasteiger partial charge on any atom is -0.350 e. The molecule has 0 fully saturated rings. The fourth-order valence-electron chi connectivity index (χ4n) is 2.60. The summed E-state index contributed by atoms with van der Waals surface area (Å²) in [7, 11) is 0. The molecule has 2 heterocycles. The van der Waals surface area contributed by atoms with Gasteiger partial charge >= 0.3 is 0 Å². The molecule has 1 atom stereocenters. The Bertz CT molecular complexity index is 874. The van der Waals surface area contributed by atoms with Gasteiger partial charge in [0, 0.05) is 17.0 Å². The molecule has 1 N–H and O–H groups in total. The maximum Gasteiger partial charge on any atom is 0.233 e. The van der Waals surface area contributed by atoms with Crippen molar-refractivity contribution >= 4 is 29.0 Å². The number of aryl methyl sites for hydroxylation is 1. The van der Waals surface area contributed by atoms with Gasteiger partial charge in [-0.2, -0.15) is 0 Å². The Kier molecular flexibility index (Phi) is 6.11. The molecule has 7 heteroatoms. The molecular formula is C19H22N4OS2. The van der Waals surface area contributed by atoms with Gasteiger partial charge in [0.1, 0.15) is 0 Å². The second kappa shape index (κ2) is 8.51. The topological polar surface area (TPSA) is 59.8 Å². The highest BCUT2D eigenvalue weighted by molar-refractivity contribution is 8.00. The molecule has 3 aromatic rings. The second-order valence-corrected chi connectivity index (χ2v) is 8.32. The lowest BCUT2D eigenvalue weighted by Crippen LogP contribution is -2.30. The SMILES string of the molecule is CCn1c(SC(C)C(=O)NCc2cccs2)nnc1-c1cccc(C)c1. The zero-order valence-corrected chi connectivity index (χ0v) is 16.7. The third-order valence-corrected chi connectivity index (χ3v) is 5.93. The first-order valence-corrected chi connectivity index (χ1v) is 10.3. The van der Waals surface area contributed by atoms with E-state index in [9.17, 15) is 4.79 Å². The largest absolute Gasteiger partial charge is 0.350 e. The summed E-state index contributed by atoms with van der Waals surface area (Å²) in [6.07, 6.45) is 0. The number of amides is 1. The van der Waals surface area contributed by atoms with Crippen LogP contribution in [-0.4, -0.2) is 25.9 Å². The number of hydrogen-bond donors (Lipinski definition) is 1. The summed E-state index contributed by atoms with van der Waals surface area (Å²) >= 11 is 3.08. The molecule has 26 heavy (non-hydrogen) atoms.